The average Bonchev–Trinajstić information content (AvgIpc) is 2.85. The molecule has 0 amide bonds. The molecule has 0 fully saturated rings. The Bertz CT molecular complexity index is 1040. The van der Waals surface area contributed by atoms with Gasteiger partial charge in [-0.25, -0.2) is 19.3 Å². The fourth-order valence-corrected chi connectivity index (χ4v) is 3.68. The standard InChI is InChI=1S/C17H16ClFN6OS/c1-8(9-4-3-5-21-14(9)20)25-6-7-26-16-10-12(11(19)13(18)23-16)22-17(27-2)24-15(10)25/h3-5,8H,6-7H2,1-2H3,(H2,20,21). The van der Waals surface area contributed by atoms with Crippen LogP contribution in [0, 0.1) is 5.82 Å². The maximum atomic E-state index is 14.7. The first-order valence-corrected chi connectivity index (χ1v) is 9.82. The molecular weight excluding hydrogens is 391 g/mol. The first-order chi connectivity index (χ1) is 13.0. The quantitative estimate of drug-likeness (QED) is 0.401. The number of nitrogens with two attached hydrogens (primary N) is 1. The second-order valence-electron chi connectivity index (χ2n) is 5.97. The van der Waals surface area contributed by atoms with Crippen molar-refractivity contribution in [2.24, 2.45) is 0 Å². The first-order valence-electron chi connectivity index (χ1n) is 8.21. The third kappa shape index (κ3) is 3.00. The van der Waals surface area contributed by atoms with E-state index in [0.717, 1.165) is 5.56 Å². The summed E-state index contributed by atoms with van der Waals surface area (Å²) in [7, 11) is 0. The first kappa shape index (κ1) is 18.0. The maximum absolute atomic E-state index is 14.7. The molecule has 0 saturated carbocycles. The maximum Gasteiger partial charge on any atom is 0.228 e. The number of rotatable bonds is 3. The largest absolute Gasteiger partial charge is 0.475 e. The van der Waals surface area contributed by atoms with Crippen molar-refractivity contribution >= 4 is 45.9 Å². The van der Waals surface area contributed by atoms with E-state index in [1.165, 1.54) is 11.8 Å². The highest BCUT2D eigenvalue weighted by Gasteiger charge is 2.29. The van der Waals surface area contributed by atoms with Crippen LogP contribution in [-0.4, -0.2) is 39.3 Å². The summed E-state index contributed by atoms with van der Waals surface area (Å²) in [5, 5.41) is 0.566. The molecule has 0 aliphatic carbocycles. The van der Waals surface area contributed by atoms with Crippen LogP contribution in [0.3, 0.4) is 0 Å². The Labute approximate surface area is 164 Å². The number of halogens is 2. The molecule has 27 heavy (non-hydrogen) atoms. The van der Waals surface area contributed by atoms with Crippen molar-refractivity contribution in [2.75, 3.05) is 30.0 Å². The molecule has 3 aromatic rings. The van der Waals surface area contributed by atoms with E-state index in [4.69, 9.17) is 22.1 Å². The van der Waals surface area contributed by atoms with Gasteiger partial charge in [0.2, 0.25) is 5.88 Å². The lowest BCUT2D eigenvalue weighted by Gasteiger charge is -2.30. The molecule has 0 aromatic carbocycles. The molecule has 1 aliphatic rings. The number of hydrogen-bond donors (Lipinski definition) is 1. The Morgan fingerprint density at radius 3 is 2.93 bits per heavy atom. The number of anilines is 2. The minimum atomic E-state index is -0.687. The number of nitrogens with zero attached hydrogens (tertiary/aromatic N) is 5. The third-order valence-electron chi connectivity index (χ3n) is 4.49. The number of nitrogen functional groups attached to an aromatic ring is 1. The van der Waals surface area contributed by atoms with E-state index in [1.807, 2.05) is 30.2 Å². The van der Waals surface area contributed by atoms with Crippen LogP contribution in [0.15, 0.2) is 23.5 Å². The minimum Gasteiger partial charge on any atom is -0.475 e. The second kappa shape index (κ2) is 6.97. The number of pyridine rings is 2. The van der Waals surface area contributed by atoms with Gasteiger partial charge in [-0.05, 0) is 19.2 Å². The number of hydrogen-bond acceptors (Lipinski definition) is 8. The van der Waals surface area contributed by atoms with E-state index >= 15 is 0 Å². The molecule has 3 aromatic heterocycles. The normalized spacial score (nSPS) is 14.7. The van der Waals surface area contributed by atoms with Crippen molar-refractivity contribution in [3.8, 4) is 5.88 Å². The number of thioether (sulfide) groups is 1. The summed E-state index contributed by atoms with van der Waals surface area (Å²) in [4.78, 5) is 19.1. The van der Waals surface area contributed by atoms with Gasteiger partial charge in [0.25, 0.3) is 0 Å². The fourth-order valence-electron chi connectivity index (χ4n) is 3.15. The average molecular weight is 407 g/mol. The van der Waals surface area contributed by atoms with Gasteiger partial charge in [0, 0.05) is 11.8 Å². The zero-order valence-corrected chi connectivity index (χ0v) is 16.2. The lowest BCUT2D eigenvalue weighted by Crippen LogP contribution is -2.31. The Morgan fingerprint density at radius 2 is 2.19 bits per heavy atom. The molecule has 4 heterocycles. The highest BCUT2D eigenvalue weighted by Crippen LogP contribution is 2.40. The topological polar surface area (TPSA) is 90.0 Å². The zero-order valence-electron chi connectivity index (χ0n) is 14.6. The van der Waals surface area contributed by atoms with Crippen LogP contribution in [0.5, 0.6) is 5.88 Å². The van der Waals surface area contributed by atoms with E-state index in [-0.39, 0.29) is 22.6 Å². The monoisotopic (exact) mass is 406 g/mol. The van der Waals surface area contributed by atoms with Crippen LogP contribution in [0.4, 0.5) is 16.0 Å². The van der Waals surface area contributed by atoms with Gasteiger partial charge in [0.15, 0.2) is 16.1 Å². The summed E-state index contributed by atoms with van der Waals surface area (Å²) in [6.45, 7) is 2.83. The van der Waals surface area contributed by atoms with Gasteiger partial charge in [0.05, 0.1) is 12.6 Å². The van der Waals surface area contributed by atoms with Crippen LogP contribution in [0.1, 0.15) is 18.5 Å². The molecule has 0 radical (unpaired) electrons. The van der Waals surface area contributed by atoms with Crippen molar-refractivity contribution in [1.29, 1.82) is 0 Å². The molecule has 4 rings (SSSR count). The van der Waals surface area contributed by atoms with Gasteiger partial charge in [0.1, 0.15) is 29.1 Å². The molecular formula is C17H16ClFN6OS. The highest BCUT2D eigenvalue weighted by molar-refractivity contribution is 7.98. The molecule has 7 nitrogen and oxygen atoms in total. The van der Waals surface area contributed by atoms with Gasteiger partial charge in [-0.1, -0.05) is 29.4 Å². The summed E-state index contributed by atoms with van der Waals surface area (Å²) in [5.74, 6) is 0.517. The Hall–Kier alpha value is -2.39. The Kier molecular flexibility index (Phi) is 4.65. The van der Waals surface area contributed by atoms with Crippen molar-refractivity contribution in [3.63, 3.8) is 0 Å². The molecule has 1 atom stereocenters. The van der Waals surface area contributed by atoms with E-state index in [1.54, 1.807) is 6.20 Å². The van der Waals surface area contributed by atoms with Crippen molar-refractivity contribution in [1.82, 2.24) is 19.9 Å². The lowest BCUT2D eigenvalue weighted by molar-refractivity contribution is 0.316. The van der Waals surface area contributed by atoms with Crippen molar-refractivity contribution < 1.29 is 9.13 Å². The zero-order chi connectivity index (χ0) is 19.1. The molecule has 10 heteroatoms. The number of aromatic nitrogens is 4. The third-order valence-corrected chi connectivity index (χ3v) is 5.28. The van der Waals surface area contributed by atoms with Crippen LogP contribution >= 0.6 is 23.4 Å². The minimum absolute atomic E-state index is 0.0950. The second-order valence-corrected chi connectivity index (χ2v) is 7.11. The molecule has 0 saturated heterocycles. The van der Waals surface area contributed by atoms with Crippen LogP contribution in [-0.2, 0) is 0 Å². The summed E-state index contributed by atoms with van der Waals surface area (Å²) in [6, 6.07) is 3.57. The highest BCUT2D eigenvalue weighted by atomic mass is 35.5. The smallest absolute Gasteiger partial charge is 0.228 e. The van der Waals surface area contributed by atoms with Gasteiger partial charge in [-0.3, -0.25) is 0 Å². The van der Waals surface area contributed by atoms with E-state index in [9.17, 15) is 4.39 Å². The molecule has 140 valence electrons. The molecule has 1 unspecified atom stereocenters. The van der Waals surface area contributed by atoms with Gasteiger partial charge in [-0.15, -0.1) is 0 Å². The fraction of sp³-hybridized carbons (Fsp3) is 0.294. The lowest BCUT2D eigenvalue weighted by atomic mass is 10.1. The molecule has 2 N–H and O–H groups in total. The van der Waals surface area contributed by atoms with Crippen molar-refractivity contribution in [3.05, 3.63) is 34.9 Å². The molecule has 1 aliphatic heterocycles. The van der Waals surface area contributed by atoms with Crippen LogP contribution in [0.25, 0.3) is 10.9 Å². The summed E-state index contributed by atoms with van der Waals surface area (Å²) in [6.07, 6.45) is 3.47. The van der Waals surface area contributed by atoms with Gasteiger partial charge >= 0.3 is 0 Å². The summed E-state index contributed by atoms with van der Waals surface area (Å²) in [5.41, 5.74) is 7.01. The van der Waals surface area contributed by atoms with Gasteiger partial charge < -0.3 is 15.4 Å². The predicted molar refractivity (Wildman–Crippen MR) is 104 cm³/mol. The van der Waals surface area contributed by atoms with Crippen LogP contribution in [0.2, 0.25) is 5.15 Å². The van der Waals surface area contributed by atoms with E-state index in [2.05, 4.69) is 19.9 Å². The molecule has 0 spiro atoms. The Morgan fingerprint density at radius 1 is 1.37 bits per heavy atom. The summed E-state index contributed by atoms with van der Waals surface area (Å²) >= 11 is 7.26. The van der Waals surface area contributed by atoms with Crippen molar-refractivity contribution in [2.45, 2.75) is 18.1 Å². The van der Waals surface area contributed by atoms with E-state index in [0.29, 0.717) is 35.3 Å². The molecule has 0 bridgehead atoms. The number of ether oxygens (including phenoxy) is 1. The van der Waals surface area contributed by atoms with Crippen LogP contribution < -0.4 is 15.4 Å². The SMILES string of the molecule is CSc1nc2c3c(nc(Cl)c(F)c3n1)OCCN2C(C)c1cccnc1N. The predicted octanol–water partition coefficient (Wildman–Crippen LogP) is 3.48. The Balaban J connectivity index is 1.97. The summed E-state index contributed by atoms with van der Waals surface area (Å²) < 4.78 is 20.4. The van der Waals surface area contributed by atoms with E-state index < -0.39 is 5.82 Å². The van der Waals surface area contributed by atoms with Gasteiger partial charge in [-0.2, -0.15) is 4.98 Å².